The summed E-state index contributed by atoms with van der Waals surface area (Å²) in [5, 5.41) is 2.69. The summed E-state index contributed by atoms with van der Waals surface area (Å²) in [7, 11) is 2.94. The average Bonchev–Trinajstić information content (AvgIpc) is 2.90. The molecule has 1 aromatic rings. The van der Waals surface area contributed by atoms with Gasteiger partial charge in [-0.1, -0.05) is 26.0 Å². The van der Waals surface area contributed by atoms with Gasteiger partial charge in [0.2, 0.25) is 6.79 Å². The van der Waals surface area contributed by atoms with Gasteiger partial charge in [0, 0.05) is 19.4 Å². The molecule has 37 heavy (non-hydrogen) atoms. The first-order valence-electron chi connectivity index (χ1n) is 12.2. The first-order chi connectivity index (χ1) is 17.6. The molecule has 11 heteroatoms. The lowest BCUT2D eigenvalue weighted by Gasteiger charge is -2.30. The van der Waals surface area contributed by atoms with Crippen molar-refractivity contribution in [3.63, 3.8) is 0 Å². The monoisotopic (exact) mass is 522 g/mol. The molecule has 1 aliphatic heterocycles. The Kier molecular flexibility index (Phi) is 11.8. The van der Waals surface area contributed by atoms with Gasteiger partial charge >= 0.3 is 11.9 Å². The molecular weight excluding hydrogens is 484 g/mol. The molecule has 1 N–H and O–H groups in total. The number of methoxy groups -OCH3 is 2. The Bertz CT molecular complexity index is 950. The van der Waals surface area contributed by atoms with E-state index in [-0.39, 0.29) is 29.2 Å². The number of esters is 2. The number of carbonyl (C=O) groups excluding carboxylic acids is 3. The topological polar surface area (TPSA) is 132 Å². The number of nitrogens with one attached hydrogen (secondary N) is 1. The first-order valence-corrected chi connectivity index (χ1v) is 12.2. The van der Waals surface area contributed by atoms with E-state index in [0.717, 1.165) is 5.57 Å². The van der Waals surface area contributed by atoms with Gasteiger partial charge in [0.15, 0.2) is 17.2 Å². The molecule has 1 aliphatic rings. The molecule has 0 aliphatic carbocycles. The zero-order valence-corrected chi connectivity index (χ0v) is 22.4. The van der Waals surface area contributed by atoms with Gasteiger partial charge in [-0.2, -0.15) is 0 Å². The number of cyclic esters (lactones) is 1. The highest BCUT2D eigenvalue weighted by atomic mass is 16.7. The third kappa shape index (κ3) is 8.71. The number of pyridine rings is 1. The highest BCUT2D eigenvalue weighted by molar-refractivity contribution is 5.98. The summed E-state index contributed by atoms with van der Waals surface area (Å²) >= 11 is 0. The van der Waals surface area contributed by atoms with E-state index in [1.165, 1.54) is 26.5 Å². The van der Waals surface area contributed by atoms with Gasteiger partial charge in [-0.3, -0.25) is 9.59 Å². The lowest BCUT2D eigenvalue weighted by atomic mass is 10.0. The second-order valence-corrected chi connectivity index (χ2v) is 9.18. The van der Waals surface area contributed by atoms with Crippen molar-refractivity contribution >= 4 is 17.8 Å². The van der Waals surface area contributed by atoms with E-state index in [1.807, 2.05) is 6.92 Å². The average molecular weight is 523 g/mol. The molecule has 0 radical (unpaired) electrons. The number of nitrogens with zero attached hydrogens (tertiary/aromatic N) is 1. The molecule has 1 saturated heterocycles. The molecule has 4 atom stereocenters. The number of aromatic nitrogens is 1. The summed E-state index contributed by atoms with van der Waals surface area (Å²) in [6, 6.07) is 0.564. The second-order valence-electron chi connectivity index (χ2n) is 9.18. The molecule has 1 aromatic heterocycles. The van der Waals surface area contributed by atoms with E-state index in [4.69, 9.17) is 28.4 Å². The van der Waals surface area contributed by atoms with E-state index in [2.05, 4.69) is 16.9 Å². The maximum Gasteiger partial charge on any atom is 0.329 e. The first kappa shape index (κ1) is 30.0. The van der Waals surface area contributed by atoms with Gasteiger partial charge in [-0.15, -0.1) is 0 Å². The minimum absolute atomic E-state index is 0.0171. The van der Waals surface area contributed by atoms with Crippen LogP contribution in [0.1, 0.15) is 57.4 Å². The van der Waals surface area contributed by atoms with Gasteiger partial charge < -0.3 is 33.7 Å². The van der Waals surface area contributed by atoms with Gasteiger partial charge in [0.1, 0.15) is 18.2 Å². The molecule has 0 bridgehead atoms. The van der Waals surface area contributed by atoms with Crippen LogP contribution in [0.15, 0.2) is 24.4 Å². The third-order valence-corrected chi connectivity index (χ3v) is 5.70. The maximum absolute atomic E-state index is 13.2. The molecule has 0 spiro atoms. The van der Waals surface area contributed by atoms with Crippen molar-refractivity contribution < 1.29 is 42.8 Å². The van der Waals surface area contributed by atoms with Crippen LogP contribution in [0.5, 0.6) is 11.5 Å². The van der Waals surface area contributed by atoms with Crippen molar-refractivity contribution in [1.29, 1.82) is 0 Å². The van der Waals surface area contributed by atoms with Crippen LogP contribution >= 0.6 is 0 Å². The molecule has 1 amide bonds. The van der Waals surface area contributed by atoms with Crippen molar-refractivity contribution in [2.45, 2.75) is 71.3 Å². The van der Waals surface area contributed by atoms with E-state index in [1.54, 1.807) is 20.8 Å². The van der Waals surface area contributed by atoms with E-state index in [9.17, 15) is 14.4 Å². The Hall–Kier alpha value is -3.18. The van der Waals surface area contributed by atoms with Crippen LogP contribution in [0, 0.1) is 5.92 Å². The Labute approximate surface area is 217 Å². The highest BCUT2D eigenvalue weighted by Gasteiger charge is 2.35. The quantitative estimate of drug-likeness (QED) is 0.263. The smallest absolute Gasteiger partial charge is 0.329 e. The lowest BCUT2D eigenvalue weighted by Crippen LogP contribution is -2.45. The predicted molar refractivity (Wildman–Crippen MR) is 133 cm³/mol. The number of rotatable bonds is 11. The molecule has 206 valence electrons. The van der Waals surface area contributed by atoms with Gasteiger partial charge in [-0.05, 0) is 33.1 Å². The molecule has 11 nitrogen and oxygen atoms in total. The summed E-state index contributed by atoms with van der Waals surface area (Å²) < 4.78 is 33.1. The van der Waals surface area contributed by atoms with Crippen LogP contribution in [0.3, 0.4) is 0 Å². The van der Waals surface area contributed by atoms with Crippen molar-refractivity contribution in [2.75, 3.05) is 27.6 Å². The van der Waals surface area contributed by atoms with Crippen LogP contribution in [0.4, 0.5) is 0 Å². The van der Waals surface area contributed by atoms with Gasteiger partial charge in [-0.25, -0.2) is 9.78 Å². The maximum atomic E-state index is 13.2. The van der Waals surface area contributed by atoms with E-state index in [0.29, 0.717) is 25.9 Å². The summed E-state index contributed by atoms with van der Waals surface area (Å²) in [6.45, 7) is 10.8. The van der Waals surface area contributed by atoms with Crippen molar-refractivity contribution in [3.8, 4) is 11.5 Å². The predicted octanol–water partition coefficient (Wildman–Crippen LogP) is 2.82. The standard InChI is InChI=1S/C26H38N2O9/c1-15(2)13-34-20-10-8-9-18(26(31)37-17(5)22(20)33-7)28-24(29)21-23(19(32-6)11-12-27-21)35-14-36-25(30)16(3)4/h11-12,16-18,20,22H,1,8-10,13-14H2,2-7H3,(H,28,29). The molecule has 4 unspecified atom stereocenters. The van der Waals surface area contributed by atoms with Crippen LogP contribution in [-0.4, -0.2) is 74.8 Å². The van der Waals surface area contributed by atoms with Crippen LogP contribution in [0.25, 0.3) is 0 Å². The lowest BCUT2D eigenvalue weighted by molar-refractivity contribution is -0.163. The van der Waals surface area contributed by atoms with Crippen LogP contribution < -0.4 is 14.8 Å². The summed E-state index contributed by atoms with van der Waals surface area (Å²) in [5.41, 5.74) is 0.741. The summed E-state index contributed by atoms with van der Waals surface area (Å²) in [6.07, 6.45) is 1.43. The van der Waals surface area contributed by atoms with Gasteiger partial charge in [0.05, 0.1) is 25.7 Å². The van der Waals surface area contributed by atoms with Crippen molar-refractivity contribution in [1.82, 2.24) is 10.3 Å². The zero-order chi connectivity index (χ0) is 27.5. The Morgan fingerprint density at radius 2 is 2.00 bits per heavy atom. The van der Waals surface area contributed by atoms with Crippen molar-refractivity contribution in [2.24, 2.45) is 5.92 Å². The minimum atomic E-state index is -0.938. The molecule has 2 heterocycles. The number of hydrogen-bond acceptors (Lipinski definition) is 10. The highest BCUT2D eigenvalue weighted by Crippen LogP contribution is 2.30. The largest absolute Gasteiger partial charge is 0.493 e. The van der Waals surface area contributed by atoms with Crippen LogP contribution in [0.2, 0.25) is 0 Å². The second kappa shape index (κ2) is 14.5. The number of amides is 1. The molecular formula is C26H38N2O9. The fraction of sp³-hybridized carbons (Fsp3) is 0.615. The SMILES string of the molecule is C=C(C)COC1CCCC(NC(=O)c2nccc(OC)c2OCOC(=O)C(C)C)C(=O)OC(C)C1OC. The Balaban J connectivity index is 2.18. The fourth-order valence-corrected chi connectivity index (χ4v) is 3.77. The molecule has 1 fully saturated rings. The minimum Gasteiger partial charge on any atom is -0.493 e. The van der Waals surface area contributed by atoms with E-state index < -0.39 is 42.9 Å². The number of ether oxygens (including phenoxy) is 6. The van der Waals surface area contributed by atoms with Gasteiger partial charge in [0.25, 0.3) is 5.91 Å². The Morgan fingerprint density at radius 3 is 2.62 bits per heavy atom. The Morgan fingerprint density at radius 1 is 1.27 bits per heavy atom. The normalized spacial score (nSPS) is 22.2. The third-order valence-electron chi connectivity index (χ3n) is 5.70. The summed E-state index contributed by atoms with van der Waals surface area (Å²) in [4.78, 5) is 42.0. The fourth-order valence-electron chi connectivity index (χ4n) is 3.77. The number of carbonyl (C=O) groups is 3. The molecule has 2 rings (SSSR count). The molecule has 0 aromatic carbocycles. The zero-order valence-electron chi connectivity index (χ0n) is 22.4. The molecule has 0 saturated carbocycles. The van der Waals surface area contributed by atoms with Crippen LogP contribution in [-0.2, 0) is 28.5 Å². The number of hydrogen-bond donors (Lipinski definition) is 1. The van der Waals surface area contributed by atoms with Crippen molar-refractivity contribution in [3.05, 3.63) is 30.1 Å². The summed E-state index contributed by atoms with van der Waals surface area (Å²) in [5.74, 6) is -1.88. The van der Waals surface area contributed by atoms with E-state index >= 15 is 0 Å².